The summed E-state index contributed by atoms with van der Waals surface area (Å²) < 4.78 is 10.3. The van der Waals surface area contributed by atoms with E-state index in [2.05, 4.69) is 17.6 Å². The Morgan fingerprint density at radius 1 is 1.69 bits per heavy atom. The number of amides is 1. The number of rotatable bonds is 6. The van der Waals surface area contributed by atoms with Gasteiger partial charge in [-0.3, -0.25) is 4.79 Å². The number of carbonyl (C=O) groups is 1. The first-order valence-corrected chi connectivity index (χ1v) is 5.88. The zero-order chi connectivity index (χ0) is 11.8. The van der Waals surface area contributed by atoms with Gasteiger partial charge in [-0.2, -0.15) is 0 Å². The third-order valence-electron chi connectivity index (χ3n) is 2.59. The summed E-state index contributed by atoms with van der Waals surface area (Å²) in [7, 11) is 1.65. The highest BCUT2D eigenvalue weighted by Crippen LogP contribution is 1.99. The van der Waals surface area contributed by atoms with E-state index < -0.39 is 0 Å². The SMILES string of the molecule is CCCC(COC)NC(=O)C1COCCN1. The van der Waals surface area contributed by atoms with Crippen molar-refractivity contribution in [2.45, 2.75) is 31.8 Å². The summed E-state index contributed by atoms with van der Waals surface area (Å²) >= 11 is 0. The summed E-state index contributed by atoms with van der Waals surface area (Å²) in [5, 5.41) is 6.11. The predicted molar refractivity (Wildman–Crippen MR) is 61.3 cm³/mol. The number of hydrogen-bond acceptors (Lipinski definition) is 4. The van der Waals surface area contributed by atoms with E-state index >= 15 is 0 Å². The van der Waals surface area contributed by atoms with E-state index in [0.717, 1.165) is 19.4 Å². The maximum atomic E-state index is 11.8. The molecule has 0 bridgehead atoms. The fraction of sp³-hybridized carbons (Fsp3) is 0.909. The third-order valence-corrected chi connectivity index (χ3v) is 2.59. The highest BCUT2D eigenvalue weighted by molar-refractivity contribution is 5.82. The number of carbonyl (C=O) groups excluding carboxylic acids is 1. The van der Waals surface area contributed by atoms with Crippen molar-refractivity contribution in [2.24, 2.45) is 0 Å². The Labute approximate surface area is 96.9 Å². The van der Waals surface area contributed by atoms with Crippen molar-refractivity contribution in [3.05, 3.63) is 0 Å². The van der Waals surface area contributed by atoms with Gasteiger partial charge < -0.3 is 20.1 Å². The molecular formula is C11H22N2O3. The molecule has 16 heavy (non-hydrogen) atoms. The Morgan fingerprint density at radius 3 is 3.06 bits per heavy atom. The molecule has 1 aliphatic heterocycles. The van der Waals surface area contributed by atoms with E-state index in [1.54, 1.807) is 7.11 Å². The van der Waals surface area contributed by atoms with E-state index in [0.29, 0.717) is 19.8 Å². The standard InChI is InChI=1S/C11H22N2O3/c1-3-4-9(7-15-2)13-11(14)10-8-16-6-5-12-10/h9-10,12H,3-8H2,1-2H3,(H,13,14). The van der Waals surface area contributed by atoms with Crippen LogP contribution in [0.4, 0.5) is 0 Å². The normalized spacial score (nSPS) is 22.8. The molecule has 1 amide bonds. The van der Waals surface area contributed by atoms with E-state index in [4.69, 9.17) is 9.47 Å². The lowest BCUT2D eigenvalue weighted by Gasteiger charge is -2.25. The van der Waals surface area contributed by atoms with Crippen molar-refractivity contribution < 1.29 is 14.3 Å². The zero-order valence-electron chi connectivity index (χ0n) is 10.1. The van der Waals surface area contributed by atoms with Crippen LogP contribution >= 0.6 is 0 Å². The summed E-state index contributed by atoms with van der Waals surface area (Å²) in [5.41, 5.74) is 0. The molecule has 5 heteroatoms. The van der Waals surface area contributed by atoms with E-state index in [1.807, 2.05) is 0 Å². The van der Waals surface area contributed by atoms with E-state index in [-0.39, 0.29) is 18.0 Å². The highest BCUT2D eigenvalue weighted by Gasteiger charge is 2.23. The molecule has 2 atom stereocenters. The molecule has 2 N–H and O–H groups in total. The van der Waals surface area contributed by atoms with Crippen LogP contribution in [0.1, 0.15) is 19.8 Å². The molecule has 1 heterocycles. The van der Waals surface area contributed by atoms with Gasteiger partial charge in [-0.15, -0.1) is 0 Å². The molecule has 0 aromatic carbocycles. The Morgan fingerprint density at radius 2 is 2.50 bits per heavy atom. The Bertz CT molecular complexity index is 199. The van der Waals surface area contributed by atoms with Crippen LogP contribution < -0.4 is 10.6 Å². The van der Waals surface area contributed by atoms with Crippen LogP contribution in [0.5, 0.6) is 0 Å². The molecule has 0 radical (unpaired) electrons. The second-order valence-corrected chi connectivity index (χ2v) is 4.03. The van der Waals surface area contributed by atoms with Crippen LogP contribution in [0.25, 0.3) is 0 Å². The lowest BCUT2D eigenvalue weighted by Crippen LogP contribution is -2.54. The molecule has 0 saturated carbocycles. The van der Waals surface area contributed by atoms with Gasteiger partial charge in [0.25, 0.3) is 0 Å². The first-order valence-electron chi connectivity index (χ1n) is 5.88. The maximum Gasteiger partial charge on any atom is 0.239 e. The second-order valence-electron chi connectivity index (χ2n) is 4.03. The summed E-state index contributed by atoms with van der Waals surface area (Å²) in [6, 6.07) is -0.115. The van der Waals surface area contributed by atoms with Crippen molar-refractivity contribution >= 4 is 5.91 Å². The van der Waals surface area contributed by atoms with Crippen molar-refractivity contribution in [1.29, 1.82) is 0 Å². The molecule has 94 valence electrons. The van der Waals surface area contributed by atoms with Gasteiger partial charge in [0.05, 0.1) is 25.9 Å². The summed E-state index contributed by atoms with van der Waals surface area (Å²) in [4.78, 5) is 11.8. The van der Waals surface area contributed by atoms with Crippen molar-refractivity contribution in [1.82, 2.24) is 10.6 Å². The summed E-state index contributed by atoms with van der Waals surface area (Å²) in [5.74, 6) is 0.00944. The lowest BCUT2D eigenvalue weighted by atomic mass is 10.1. The van der Waals surface area contributed by atoms with Crippen LogP contribution in [0.2, 0.25) is 0 Å². The third kappa shape index (κ3) is 4.47. The number of nitrogens with one attached hydrogen (secondary N) is 2. The molecule has 5 nitrogen and oxygen atoms in total. The van der Waals surface area contributed by atoms with Crippen LogP contribution in [0.3, 0.4) is 0 Å². The Hall–Kier alpha value is -0.650. The summed E-state index contributed by atoms with van der Waals surface area (Å²) in [6.07, 6.45) is 1.97. The molecule has 0 aliphatic carbocycles. The first-order chi connectivity index (χ1) is 7.77. The van der Waals surface area contributed by atoms with E-state index in [1.165, 1.54) is 0 Å². The molecule has 2 unspecified atom stereocenters. The Balaban J connectivity index is 2.33. The van der Waals surface area contributed by atoms with E-state index in [9.17, 15) is 4.79 Å². The molecule has 0 spiro atoms. The van der Waals surface area contributed by atoms with Gasteiger partial charge in [0, 0.05) is 13.7 Å². The molecule has 1 saturated heterocycles. The van der Waals surface area contributed by atoms with Gasteiger partial charge in [0.15, 0.2) is 0 Å². The van der Waals surface area contributed by atoms with Gasteiger partial charge in [-0.25, -0.2) is 0 Å². The van der Waals surface area contributed by atoms with Gasteiger partial charge in [-0.05, 0) is 6.42 Å². The Kier molecular flexibility index (Phi) is 6.37. The van der Waals surface area contributed by atoms with Gasteiger partial charge >= 0.3 is 0 Å². The smallest absolute Gasteiger partial charge is 0.239 e. The first kappa shape index (κ1) is 13.4. The largest absolute Gasteiger partial charge is 0.383 e. The average molecular weight is 230 g/mol. The van der Waals surface area contributed by atoms with Crippen molar-refractivity contribution in [3.63, 3.8) is 0 Å². The number of methoxy groups -OCH3 is 1. The minimum atomic E-state index is -0.218. The van der Waals surface area contributed by atoms with Gasteiger partial charge in [-0.1, -0.05) is 13.3 Å². The van der Waals surface area contributed by atoms with Crippen LogP contribution in [0, 0.1) is 0 Å². The van der Waals surface area contributed by atoms with Crippen LogP contribution in [-0.2, 0) is 14.3 Å². The fourth-order valence-electron chi connectivity index (χ4n) is 1.78. The molecule has 0 aromatic rings. The quantitative estimate of drug-likeness (QED) is 0.669. The highest BCUT2D eigenvalue weighted by atomic mass is 16.5. The van der Waals surface area contributed by atoms with Crippen molar-refractivity contribution in [3.8, 4) is 0 Å². The molecule has 0 aromatic heterocycles. The second kappa shape index (κ2) is 7.60. The molecule has 1 aliphatic rings. The number of morpholine rings is 1. The van der Waals surface area contributed by atoms with Gasteiger partial charge in [0.2, 0.25) is 5.91 Å². The molecular weight excluding hydrogens is 208 g/mol. The average Bonchev–Trinajstić information content (AvgIpc) is 2.31. The lowest BCUT2D eigenvalue weighted by molar-refractivity contribution is -0.127. The monoisotopic (exact) mass is 230 g/mol. The van der Waals surface area contributed by atoms with Gasteiger partial charge in [0.1, 0.15) is 6.04 Å². The number of hydrogen-bond donors (Lipinski definition) is 2. The topological polar surface area (TPSA) is 59.6 Å². The summed E-state index contributed by atoms with van der Waals surface area (Å²) in [6.45, 7) is 4.53. The zero-order valence-corrected chi connectivity index (χ0v) is 10.1. The minimum absolute atomic E-state index is 0.00944. The molecule has 1 fully saturated rings. The predicted octanol–water partition coefficient (Wildman–Crippen LogP) is -0.0939. The maximum absolute atomic E-state index is 11.8. The number of ether oxygens (including phenoxy) is 2. The molecule has 1 rings (SSSR count). The van der Waals surface area contributed by atoms with Crippen LogP contribution in [-0.4, -0.2) is 51.5 Å². The van der Waals surface area contributed by atoms with Crippen LogP contribution in [0.15, 0.2) is 0 Å². The minimum Gasteiger partial charge on any atom is -0.383 e. The van der Waals surface area contributed by atoms with Crippen molar-refractivity contribution in [2.75, 3.05) is 33.5 Å². The fourth-order valence-corrected chi connectivity index (χ4v) is 1.78.